The average molecular weight is 363 g/mol. The fourth-order valence-corrected chi connectivity index (χ4v) is 2.44. The Morgan fingerprint density at radius 2 is 1.63 bits per heavy atom. The smallest absolute Gasteiger partial charge is 0.342 e. The number of anilines is 2. The van der Waals surface area contributed by atoms with Crippen LogP contribution in [0.25, 0.3) is 0 Å². The van der Waals surface area contributed by atoms with Crippen LogP contribution in [0.5, 0.6) is 11.5 Å². The molecule has 0 heterocycles. The van der Waals surface area contributed by atoms with E-state index in [1.54, 1.807) is 42.5 Å². The minimum atomic E-state index is -1.43. The van der Waals surface area contributed by atoms with Gasteiger partial charge in [0.15, 0.2) is 5.75 Å². The Hall–Kier alpha value is -3.87. The number of aromatic hydroxyl groups is 2. The zero-order valence-corrected chi connectivity index (χ0v) is 14.4. The first kappa shape index (κ1) is 17.9. The number of nitrogens with one attached hydrogen (secondary N) is 1. The molecule has 0 aliphatic carbocycles. The van der Waals surface area contributed by atoms with Crippen LogP contribution < -0.4 is 5.32 Å². The second-order valence-corrected chi connectivity index (χ2v) is 5.85. The number of aromatic carboxylic acids is 1. The number of aryl methyl sites for hydroxylation is 1. The van der Waals surface area contributed by atoms with Crippen molar-refractivity contribution in [1.29, 1.82) is 0 Å². The van der Waals surface area contributed by atoms with Gasteiger partial charge in [0.05, 0.1) is 11.4 Å². The number of phenolic OH excluding ortho intramolecular Hbond substituents is 1. The predicted molar refractivity (Wildman–Crippen MR) is 102 cm³/mol. The molecule has 0 spiro atoms. The molecule has 136 valence electrons. The van der Waals surface area contributed by atoms with Gasteiger partial charge in [-0.3, -0.25) is 0 Å². The van der Waals surface area contributed by atoms with Crippen molar-refractivity contribution in [1.82, 2.24) is 0 Å². The minimum Gasteiger partial charge on any atom is -0.506 e. The molecular weight excluding hydrogens is 346 g/mol. The van der Waals surface area contributed by atoms with E-state index in [1.165, 1.54) is 6.07 Å². The van der Waals surface area contributed by atoms with Gasteiger partial charge < -0.3 is 20.6 Å². The molecule has 0 fully saturated rings. The molecule has 7 heteroatoms. The molecule has 7 nitrogen and oxygen atoms in total. The Balaban J connectivity index is 2.02. The van der Waals surface area contributed by atoms with Crippen molar-refractivity contribution in [3.8, 4) is 11.5 Å². The SMILES string of the molecule is Cc1ccc(Nc2cc(O)c(N=Nc3ccccc3)c(C(=O)O)c2O)cc1. The highest BCUT2D eigenvalue weighted by Gasteiger charge is 2.23. The molecule has 3 rings (SSSR count). The first-order valence-electron chi connectivity index (χ1n) is 8.08. The van der Waals surface area contributed by atoms with Gasteiger partial charge in [0, 0.05) is 11.8 Å². The molecule has 27 heavy (non-hydrogen) atoms. The van der Waals surface area contributed by atoms with Gasteiger partial charge in [-0.05, 0) is 31.2 Å². The summed E-state index contributed by atoms with van der Waals surface area (Å²) in [4.78, 5) is 11.7. The van der Waals surface area contributed by atoms with Crippen LogP contribution >= 0.6 is 0 Å². The molecule has 0 aliphatic heterocycles. The van der Waals surface area contributed by atoms with Crippen LogP contribution in [-0.4, -0.2) is 21.3 Å². The van der Waals surface area contributed by atoms with E-state index >= 15 is 0 Å². The third kappa shape index (κ3) is 4.04. The third-order valence-corrected chi connectivity index (χ3v) is 3.82. The highest BCUT2D eigenvalue weighted by molar-refractivity contribution is 6.01. The molecule has 0 aromatic heterocycles. The fourth-order valence-electron chi connectivity index (χ4n) is 2.44. The van der Waals surface area contributed by atoms with Gasteiger partial charge in [0.25, 0.3) is 0 Å². The monoisotopic (exact) mass is 363 g/mol. The number of phenols is 2. The van der Waals surface area contributed by atoms with Gasteiger partial charge in [-0.15, -0.1) is 5.11 Å². The molecular formula is C20H17N3O4. The highest BCUT2D eigenvalue weighted by Crippen LogP contribution is 2.43. The zero-order chi connectivity index (χ0) is 19.4. The summed E-state index contributed by atoms with van der Waals surface area (Å²) in [5.74, 6) is -2.39. The van der Waals surface area contributed by atoms with Crippen molar-refractivity contribution in [2.45, 2.75) is 6.92 Å². The van der Waals surface area contributed by atoms with E-state index in [2.05, 4.69) is 15.5 Å². The maximum absolute atomic E-state index is 11.7. The number of carboxylic acid groups (broad SMARTS) is 1. The molecule has 0 bridgehead atoms. The number of carboxylic acids is 1. The van der Waals surface area contributed by atoms with Gasteiger partial charge in [0.2, 0.25) is 0 Å². The van der Waals surface area contributed by atoms with Crippen molar-refractivity contribution in [3.05, 3.63) is 71.8 Å². The standard InChI is InChI=1S/C20H17N3O4/c1-12-7-9-13(10-8-12)21-15-11-16(24)18(17(19(15)25)20(26)27)23-22-14-5-3-2-4-6-14/h2-11,21,24-25H,1H3,(H,26,27). The Labute approximate surface area is 155 Å². The van der Waals surface area contributed by atoms with E-state index in [-0.39, 0.29) is 11.4 Å². The number of hydrogen-bond acceptors (Lipinski definition) is 6. The lowest BCUT2D eigenvalue weighted by Crippen LogP contribution is -2.01. The summed E-state index contributed by atoms with van der Waals surface area (Å²) in [7, 11) is 0. The molecule has 0 unspecified atom stereocenters. The maximum Gasteiger partial charge on any atom is 0.342 e. The van der Waals surface area contributed by atoms with Crippen molar-refractivity contribution in [2.75, 3.05) is 5.32 Å². The Morgan fingerprint density at radius 1 is 0.963 bits per heavy atom. The molecule has 0 atom stereocenters. The number of carbonyl (C=O) groups is 1. The topological polar surface area (TPSA) is 115 Å². The Morgan fingerprint density at radius 3 is 2.26 bits per heavy atom. The molecule has 3 aromatic rings. The van der Waals surface area contributed by atoms with Crippen LogP contribution in [0.1, 0.15) is 15.9 Å². The number of azo groups is 1. The van der Waals surface area contributed by atoms with Crippen molar-refractivity contribution in [3.63, 3.8) is 0 Å². The van der Waals surface area contributed by atoms with Crippen molar-refractivity contribution in [2.24, 2.45) is 10.2 Å². The summed E-state index contributed by atoms with van der Waals surface area (Å²) in [6.45, 7) is 1.93. The highest BCUT2D eigenvalue weighted by atomic mass is 16.4. The summed E-state index contributed by atoms with van der Waals surface area (Å²) in [6.07, 6.45) is 0. The summed E-state index contributed by atoms with van der Waals surface area (Å²) in [6, 6.07) is 17.1. The second kappa shape index (κ2) is 7.57. The van der Waals surface area contributed by atoms with E-state index in [1.807, 2.05) is 19.1 Å². The molecule has 3 aromatic carbocycles. The number of hydrogen-bond donors (Lipinski definition) is 4. The lowest BCUT2D eigenvalue weighted by molar-refractivity contribution is 0.0694. The number of nitrogens with zero attached hydrogens (tertiary/aromatic N) is 2. The van der Waals surface area contributed by atoms with Crippen LogP contribution in [0.2, 0.25) is 0 Å². The molecule has 0 saturated heterocycles. The van der Waals surface area contributed by atoms with E-state index in [9.17, 15) is 20.1 Å². The number of benzene rings is 3. The molecule has 0 aliphatic rings. The lowest BCUT2D eigenvalue weighted by Gasteiger charge is -2.13. The van der Waals surface area contributed by atoms with E-state index < -0.39 is 23.0 Å². The van der Waals surface area contributed by atoms with Crippen molar-refractivity contribution >= 4 is 28.7 Å². The van der Waals surface area contributed by atoms with Gasteiger partial charge in [-0.25, -0.2) is 4.79 Å². The maximum atomic E-state index is 11.7. The minimum absolute atomic E-state index is 0.0485. The second-order valence-electron chi connectivity index (χ2n) is 5.85. The van der Waals surface area contributed by atoms with Gasteiger partial charge in [-0.2, -0.15) is 5.11 Å². The van der Waals surface area contributed by atoms with E-state index in [0.29, 0.717) is 11.4 Å². The molecule has 4 N–H and O–H groups in total. The van der Waals surface area contributed by atoms with Crippen molar-refractivity contribution < 1.29 is 20.1 Å². The van der Waals surface area contributed by atoms with Gasteiger partial charge in [-0.1, -0.05) is 35.9 Å². The van der Waals surface area contributed by atoms with Crippen LogP contribution in [0.15, 0.2) is 70.9 Å². The molecule has 0 amide bonds. The fraction of sp³-hybridized carbons (Fsp3) is 0.0500. The lowest BCUT2D eigenvalue weighted by atomic mass is 10.1. The average Bonchev–Trinajstić information content (AvgIpc) is 2.65. The largest absolute Gasteiger partial charge is 0.506 e. The summed E-state index contributed by atoms with van der Waals surface area (Å²) >= 11 is 0. The summed E-state index contributed by atoms with van der Waals surface area (Å²) < 4.78 is 0. The van der Waals surface area contributed by atoms with E-state index in [4.69, 9.17) is 0 Å². The van der Waals surface area contributed by atoms with Crippen LogP contribution in [0.4, 0.5) is 22.7 Å². The van der Waals surface area contributed by atoms with Gasteiger partial charge >= 0.3 is 5.97 Å². The Bertz CT molecular complexity index is 1000. The van der Waals surface area contributed by atoms with Gasteiger partial charge in [0.1, 0.15) is 17.0 Å². The first-order valence-corrected chi connectivity index (χ1v) is 8.08. The summed E-state index contributed by atoms with van der Waals surface area (Å²) in [5.41, 5.74) is 1.35. The molecule has 0 saturated carbocycles. The van der Waals surface area contributed by atoms with Crippen LogP contribution in [0, 0.1) is 6.92 Å². The predicted octanol–water partition coefficient (Wildman–Crippen LogP) is 5.26. The first-order chi connectivity index (χ1) is 13.0. The van der Waals surface area contributed by atoms with E-state index in [0.717, 1.165) is 5.56 Å². The quantitative estimate of drug-likeness (QED) is 0.280. The summed E-state index contributed by atoms with van der Waals surface area (Å²) in [5, 5.41) is 40.8. The molecule has 0 radical (unpaired) electrons. The normalized spacial score (nSPS) is 10.9. The Kier molecular flexibility index (Phi) is 5.03. The number of rotatable bonds is 5. The zero-order valence-electron chi connectivity index (χ0n) is 14.4. The third-order valence-electron chi connectivity index (χ3n) is 3.82. The van der Waals surface area contributed by atoms with Crippen LogP contribution in [-0.2, 0) is 0 Å². The van der Waals surface area contributed by atoms with Crippen LogP contribution in [0.3, 0.4) is 0 Å².